The number of hydrogen-bond acceptors (Lipinski definition) is 4. The normalized spacial score (nSPS) is 18.1. The first-order valence-corrected chi connectivity index (χ1v) is 10.3. The summed E-state index contributed by atoms with van der Waals surface area (Å²) in [5.41, 5.74) is 1.53. The molecule has 0 bridgehead atoms. The van der Waals surface area contributed by atoms with E-state index in [1.165, 1.54) is 15.2 Å². The third-order valence-electron chi connectivity index (χ3n) is 4.63. The lowest BCUT2D eigenvalue weighted by Crippen LogP contribution is -2.42. The van der Waals surface area contributed by atoms with Crippen molar-refractivity contribution in [2.45, 2.75) is 24.3 Å². The summed E-state index contributed by atoms with van der Waals surface area (Å²) < 4.78 is 27.4. The molecule has 0 unspecified atom stereocenters. The molecule has 0 radical (unpaired) electrons. The van der Waals surface area contributed by atoms with Crippen molar-refractivity contribution < 1.29 is 13.2 Å². The van der Waals surface area contributed by atoms with Gasteiger partial charge in [0.2, 0.25) is 10.0 Å². The zero-order valence-electron chi connectivity index (χ0n) is 13.1. The van der Waals surface area contributed by atoms with Crippen LogP contribution in [-0.2, 0) is 23.0 Å². The molecule has 1 fully saturated rings. The second-order valence-corrected chi connectivity index (χ2v) is 9.07. The van der Waals surface area contributed by atoms with Gasteiger partial charge in [0.1, 0.15) is 0 Å². The van der Waals surface area contributed by atoms with Gasteiger partial charge in [0.25, 0.3) is 5.91 Å². The Morgan fingerprint density at radius 3 is 2.71 bits per heavy atom. The van der Waals surface area contributed by atoms with E-state index >= 15 is 0 Å². The summed E-state index contributed by atoms with van der Waals surface area (Å²) in [4.78, 5) is 15.5. The molecule has 0 atom stereocenters. The van der Waals surface area contributed by atoms with Crippen molar-refractivity contribution in [1.29, 1.82) is 0 Å². The van der Waals surface area contributed by atoms with E-state index < -0.39 is 10.0 Å². The molecule has 5 nitrogen and oxygen atoms in total. The van der Waals surface area contributed by atoms with Crippen LogP contribution in [0.3, 0.4) is 0 Å². The molecule has 1 saturated heterocycles. The fraction of sp³-hybridized carbons (Fsp3) is 0.353. The summed E-state index contributed by atoms with van der Waals surface area (Å²) in [6, 6.07) is 8.42. The summed E-state index contributed by atoms with van der Waals surface area (Å²) in [5.74, 6) is -0.0861. The Balaban J connectivity index is 1.61. The lowest BCUT2D eigenvalue weighted by Gasteiger charge is -2.31. The predicted molar refractivity (Wildman–Crippen MR) is 92.6 cm³/mol. The van der Waals surface area contributed by atoms with E-state index in [0.29, 0.717) is 18.7 Å². The van der Waals surface area contributed by atoms with E-state index in [1.807, 2.05) is 11.4 Å². The zero-order valence-corrected chi connectivity index (χ0v) is 14.8. The average Bonchev–Trinajstić information content (AvgIpc) is 3.01. The van der Waals surface area contributed by atoms with E-state index in [-0.39, 0.29) is 10.8 Å². The van der Waals surface area contributed by atoms with Crippen LogP contribution in [0.1, 0.15) is 27.2 Å². The van der Waals surface area contributed by atoms with Gasteiger partial charge in [-0.2, -0.15) is 4.31 Å². The van der Waals surface area contributed by atoms with Crippen LogP contribution >= 0.6 is 11.3 Å². The van der Waals surface area contributed by atoms with Crippen LogP contribution in [0.15, 0.2) is 40.6 Å². The highest BCUT2D eigenvalue weighted by atomic mass is 32.2. The number of amides is 1. The number of thiophene rings is 1. The van der Waals surface area contributed by atoms with Crippen LogP contribution in [0.5, 0.6) is 0 Å². The molecule has 2 aromatic rings. The van der Waals surface area contributed by atoms with Gasteiger partial charge in [-0.3, -0.25) is 4.79 Å². The standard InChI is InChI=1S/C17H18N2O3S2/c20-17(18-7-2-8-18)13-3-1-4-15(11-13)24(21,22)19-9-5-16-14(12-19)6-10-23-16/h1,3-4,6,10-11H,2,5,7-9,12H2. The lowest BCUT2D eigenvalue weighted by atomic mass is 10.1. The van der Waals surface area contributed by atoms with Gasteiger partial charge in [0.05, 0.1) is 4.90 Å². The lowest BCUT2D eigenvalue weighted by molar-refractivity contribution is 0.0651. The molecule has 0 aliphatic carbocycles. The highest BCUT2D eigenvalue weighted by molar-refractivity contribution is 7.89. The van der Waals surface area contributed by atoms with Crippen LogP contribution in [-0.4, -0.2) is 43.2 Å². The number of rotatable bonds is 3. The van der Waals surface area contributed by atoms with Crippen molar-refractivity contribution in [1.82, 2.24) is 9.21 Å². The first kappa shape index (κ1) is 15.8. The zero-order chi connectivity index (χ0) is 16.7. The number of likely N-dealkylation sites (tertiary alicyclic amines) is 1. The smallest absolute Gasteiger partial charge is 0.253 e. The molecule has 2 aliphatic rings. The SMILES string of the molecule is O=C(c1cccc(S(=O)(=O)N2CCc3sccc3C2)c1)N1CCC1. The number of benzene rings is 1. The van der Waals surface area contributed by atoms with Gasteiger partial charge in [-0.1, -0.05) is 6.07 Å². The summed E-state index contributed by atoms with van der Waals surface area (Å²) in [6.07, 6.45) is 1.76. The van der Waals surface area contributed by atoms with E-state index in [0.717, 1.165) is 31.5 Å². The third-order valence-corrected chi connectivity index (χ3v) is 7.50. The highest BCUT2D eigenvalue weighted by Gasteiger charge is 2.30. The van der Waals surface area contributed by atoms with Gasteiger partial charge in [0.15, 0.2) is 0 Å². The van der Waals surface area contributed by atoms with Gasteiger partial charge in [0, 0.05) is 36.6 Å². The maximum Gasteiger partial charge on any atom is 0.253 e. The molecular weight excluding hydrogens is 344 g/mol. The van der Waals surface area contributed by atoms with Gasteiger partial charge in [-0.15, -0.1) is 11.3 Å². The Labute approximate surface area is 145 Å². The maximum absolute atomic E-state index is 13.0. The molecule has 0 saturated carbocycles. The second-order valence-electron chi connectivity index (χ2n) is 6.13. The van der Waals surface area contributed by atoms with Gasteiger partial charge in [-0.25, -0.2) is 8.42 Å². The van der Waals surface area contributed by atoms with Crippen molar-refractivity contribution in [3.63, 3.8) is 0 Å². The van der Waals surface area contributed by atoms with Crippen molar-refractivity contribution in [2.24, 2.45) is 0 Å². The molecule has 126 valence electrons. The molecule has 7 heteroatoms. The molecule has 1 amide bonds. The monoisotopic (exact) mass is 362 g/mol. The Morgan fingerprint density at radius 1 is 1.12 bits per heavy atom. The molecule has 1 aromatic carbocycles. The number of carbonyl (C=O) groups excluding carboxylic acids is 1. The van der Waals surface area contributed by atoms with Crippen LogP contribution in [0.25, 0.3) is 0 Å². The van der Waals surface area contributed by atoms with Crippen molar-refractivity contribution in [2.75, 3.05) is 19.6 Å². The minimum atomic E-state index is -3.59. The summed E-state index contributed by atoms with van der Waals surface area (Å²) in [6.45, 7) is 2.40. The molecule has 0 spiro atoms. The summed E-state index contributed by atoms with van der Waals surface area (Å²) >= 11 is 1.68. The fourth-order valence-corrected chi connectivity index (χ4v) is 5.42. The summed E-state index contributed by atoms with van der Waals surface area (Å²) in [5, 5.41) is 2.01. The van der Waals surface area contributed by atoms with Gasteiger partial charge in [-0.05, 0) is 48.1 Å². The second kappa shape index (κ2) is 5.98. The number of sulfonamides is 1. The molecule has 1 aromatic heterocycles. The number of hydrogen-bond donors (Lipinski definition) is 0. The molecule has 2 aliphatic heterocycles. The highest BCUT2D eigenvalue weighted by Crippen LogP contribution is 2.28. The van der Waals surface area contributed by atoms with Crippen molar-refractivity contribution in [3.05, 3.63) is 51.7 Å². The predicted octanol–water partition coefficient (Wildman–Crippen LogP) is 2.34. The quantitative estimate of drug-likeness (QED) is 0.842. The van der Waals surface area contributed by atoms with E-state index in [4.69, 9.17) is 0 Å². The van der Waals surface area contributed by atoms with Crippen molar-refractivity contribution in [3.8, 4) is 0 Å². The van der Waals surface area contributed by atoms with Crippen LogP contribution in [0.2, 0.25) is 0 Å². The van der Waals surface area contributed by atoms with E-state index in [1.54, 1.807) is 34.4 Å². The fourth-order valence-electron chi connectivity index (χ4n) is 3.07. The molecule has 24 heavy (non-hydrogen) atoms. The van der Waals surface area contributed by atoms with E-state index in [9.17, 15) is 13.2 Å². The van der Waals surface area contributed by atoms with Crippen LogP contribution < -0.4 is 0 Å². The minimum Gasteiger partial charge on any atom is -0.339 e. The van der Waals surface area contributed by atoms with Crippen molar-refractivity contribution >= 4 is 27.3 Å². The molecule has 0 N–H and O–H groups in total. The van der Waals surface area contributed by atoms with Crippen LogP contribution in [0, 0.1) is 0 Å². The number of nitrogens with zero attached hydrogens (tertiary/aromatic N) is 2. The number of carbonyl (C=O) groups is 1. The van der Waals surface area contributed by atoms with E-state index in [2.05, 4.69) is 0 Å². The molecule has 4 rings (SSSR count). The Bertz CT molecular complexity index is 885. The topological polar surface area (TPSA) is 57.7 Å². The third kappa shape index (κ3) is 2.66. The van der Waals surface area contributed by atoms with Crippen LogP contribution in [0.4, 0.5) is 0 Å². The largest absolute Gasteiger partial charge is 0.339 e. The first-order valence-electron chi connectivity index (χ1n) is 8.00. The van der Waals surface area contributed by atoms with Gasteiger partial charge < -0.3 is 4.90 Å². The Hall–Kier alpha value is -1.70. The maximum atomic E-state index is 13.0. The molecule has 3 heterocycles. The molecular formula is C17H18N2O3S2. The minimum absolute atomic E-state index is 0.0861. The Morgan fingerprint density at radius 2 is 1.96 bits per heavy atom. The Kier molecular flexibility index (Phi) is 3.94. The summed E-state index contributed by atoms with van der Waals surface area (Å²) in [7, 11) is -3.59. The average molecular weight is 362 g/mol. The number of fused-ring (bicyclic) bond motifs is 1. The first-order chi connectivity index (χ1) is 11.6. The van der Waals surface area contributed by atoms with Gasteiger partial charge >= 0.3 is 0 Å².